The Kier molecular flexibility index (Phi) is 4.58. The van der Waals surface area contributed by atoms with Crippen LogP contribution in [0.2, 0.25) is 0 Å². The molecule has 2 aliphatic heterocycles. The molecule has 3 heterocycles. The third kappa shape index (κ3) is 3.99. The van der Waals surface area contributed by atoms with Gasteiger partial charge >= 0.3 is 13.5 Å². The van der Waals surface area contributed by atoms with Gasteiger partial charge in [0.05, 0.1) is 9.35 Å². The van der Waals surface area contributed by atoms with Crippen molar-refractivity contribution in [1.29, 1.82) is 0 Å². The van der Waals surface area contributed by atoms with Gasteiger partial charge in [-0.25, -0.2) is 13.8 Å². The van der Waals surface area contributed by atoms with E-state index in [4.69, 9.17) is 21.0 Å². The van der Waals surface area contributed by atoms with E-state index in [9.17, 15) is 19.3 Å². The zero-order chi connectivity index (χ0) is 23.5. The molecule has 1 aromatic carbocycles. The number of ether oxygens (including phenoxy) is 1. The number of rotatable bonds is 4. The zero-order valence-electron chi connectivity index (χ0n) is 18.0. The maximum absolute atomic E-state index is 15.5. The SMILES string of the molecule is [2H]C([2H])(OP1(=O)OCc2cc(C)cc(C)c2O1)[C@]1(F)C[C@@H](O)[C@H](n2ccc(=O)[nH]c2=O)O1. The van der Waals surface area contributed by atoms with Crippen molar-refractivity contribution in [2.75, 3.05) is 6.56 Å². The Labute approximate surface area is 172 Å². The van der Waals surface area contributed by atoms with Gasteiger partial charge in [0.2, 0.25) is 5.85 Å². The Morgan fingerprint density at radius 2 is 2.23 bits per heavy atom. The second-order valence-corrected chi connectivity index (χ2v) is 8.62. The van der Waals surface area contributed by atoms with E-state index in [1.807, 2.05) is 11.9 Å². The molecular formula is C18H20FN2O8P. The number of benzene rings is 1. The number of phosphoric acid groups is 1. The quantitative estimate of drug-likeness (QED) is 0.684. The van der Waals surface area contributed by atoms with Gasteiger partial charge in [0.1, 0.15) is 18.4 Å². The maximum atomic E-state index is 15.5. The molecule has 10 nitrogen and oxygen atoms in total. The minimum atomic E-state index is -4.62. The average Bonchev–Trinajstić information content (AvgIpc) is 2.98. The summed E-state index contributed by atoms with van der Waals surface area (Å²) in [5, 5.41) is 10.2. The summed E-state index contributed by atoms with van der Waals surface area (Å²) < 4.78 is 65.6. The Hall–Kier alpha value is -2.30. The molecule has 2 aliphatic rings. The van der Waals surface area contributed by atoms with Gasteiger partial charge in [0.15, 0.2) is 6.23 Å². The van der Waals surface area contributed by atoms with E-state index >= 15 is 4.39 Å². The van der Waals surface area contributed by atoms with Crippen molar-refractivity contribution in [1.82, 2.24) is 9.55 Å². The number of aliphatic hydroxyl groups is 1. The minimum Gasteiger partial charge on any atom is -0.403 e. The molecule has 162 valence electrons. The number of nitrogens with one attached hydrogen (secondary N) is 1. The first-order valence-corrected chi connectivity index (χ1v) is 10.4. The summed E-state index contributed by atoms with van der Waals surface area (Å²) in [7, 11) is -4.62. The predicted molar refractivity (Wildman–Crippen MR) is 101 cm³/mol. The molecule has 0 radical (unpaired) electrons. The number of H-pyrrole nitrogens is 1. The molecule has 0 saturated carbocycles. The fraction of sp³-hybridized carbons (Fsp3) is 0.444. The summed E-state index contributed by atoms with van der Waals surface area (Å²) in [6.07, 6.45) is -3.37. The highest BCUT2D eigenvalue weighted by molar-refractivity contribution is 7.49. The van der Waals surface area contributed by atoms with E-state index in [1.54, 1.807) is 19.1 Å². The molecule has 0 spiro atoms. The second kappa shape index (κ2) is 7.44. The molecule has 0 amide bonds. The first-order chi connectivity index (χ1) is 14.8. The number of aromatic nitrogens is 2. The Morgan fingerprint density at radius 3 is 2.97 bits per heavy atom. The fourth-order valence-electron chi connectivity index (χ4n) is 3.36. The maximum Gasteiger partial charge on any atom is 0.530 e. The van der Waals surface area contributed by atoms with Crippen LogP contribution in [0.3, 0.4) is 0 Å². The number of aliphatic hydroxyl groups excluding tert-OH is 1. The number of nitrogens with zero attached hydrogens (tertiary/aromatic N) is 1. The van der Waals surface area contributed by atoms with E-state index < -0.39 is 50.2 Å². The van der Waals surface area contributed by atoms with Crippen molar-refractivity contribution in [3.63, 3.8) is 0 Å². The van der Waals surface area contributed by atoms with E-state index in [-0.39, 0.29) is 12.4 Å². The topological polar surface area (TPSA) is 129 Å². The molecule has 1 saturated heterocycles. The molecule has 12 heteroatoms. The number of hydrogen-bond acceptors (Lipinski definition) is 8. The largest absolute Gasteiger partial charge is 0.530 e. The normalized spacial score (nSPS) is 32.1. The number of halogens is 1. The molecule has 4 rings (SSSR count). The molecule has 4 atom stereocenters. The van der Waals surface area contributed by atoms with E-state index in [1.165, 1.54) is 0 Å². The molecule has 1 aromatic heterocycles. The molecule has 30 heavy (non-hydrogen) atoms. The number of phosphoric ester groups is 1. The van der Waals surface area contributed by atoms with Gasteiger partial charge in [0, 0.05) is 24.2 Å². The smallest absolute Gasteiger partial charge is 0.403 e. The monoisotopic (exact) mass is 444 g/mol. The lowest BCUT2D eigenvalue weighted by Gasteiger charge is -2.28. The first kappa shape index (κ1) is 18.5. The summed E-state index contributed by atoms with van der Waals surface area (Å²) in [6, 6.07) is 4.44. The van der Waals surface area contributed by atoms with E-state index in [0.29, 0.717) is 15.7 Å². The van der Waals surface area contributed by atoms with Gasteiger partial charge in [-0.05, 0) is 19.4 Å². The summed E-state index contributed by atoms with van der Waals surface area (Å²) in [6.45, 7) is -0.102. The second-order valence-electron chi connectivity index (χ2n) is 7.10. The van der Waals surface area contributed by atoms with Crippen LogP contribution in [0.1, 0.15) is 32.1 Å². The number of aryl methyl sites for hydroxylation is 2. The molecular weight excluding hydrogens is 422 g/mol. The van der Waals surface area contributed by atoms with Crippen molar-refractivity contribution in [3.05, 3.63) is 61.9 Å². The number of fused-ring (bicyclic) bond motifs is 1. The summed E-state index contributed by atoms with van der Waals surface area (Å²) in [5.74, 6) is -3.15. The molecule has 2 N–H and O–H groups in total. The van der Waals surface area contributed by atoms with Gasteiger partial charge in [-0.15, -0.1) is 0 Å². The molecule has 1 fully saturated rings. The van der Waals surface area contributed by atoms with Crippen LogP contribution < -0.4 is 15.8 Å². The first-order valence-electron chi connectivity index (χ1n) is 9.94. The van der Waals surface area contributed by atoms with Gasteiger partial charge in [0.25, 0.3) is 5.56 Å². The predicted octanol–water partition coefficient (Wildman–Crippen LogP) is 1.83. The van der Waals surface area contributed by atoms with Crippen LogP contribution >= 0.6 is 7.82 Å². The summed E-state index contributed by atoms with van der Waals surface area (Å²) in [5.41, 5.74) is 0.354. The van der Waals surface area contributed by atoms with Crippen LogP contribution in [0, 0.1) is 13.8 Å². The third-order valence-electron chi connectivity index (χ3n) is 4.62. The fourth-order valence-corrected chi connectivity index (χ4v) is 4.53. The van der Waals surface area contributed by atoms with Crippen molar-refractivity contribution in [2.45, 2.75) is 45.1 Å². The highest BCUT2D eigenvalue weighted by Gasteiger charge is 2.50. The van der Waals surface area contributed by atoms with Gasteiger partial charge < -0.3 is 14.4 Å². The van der Waals surface area contributed by atoms with E-state index in [0.717, 1.165) is 17.8 Å². The van der Waals surface area contributed by atoms with Crippen molar-refractivity contribution < 1.29 is 35.1 Å². The third-order valence-corrected chi connectivity index (χ3v) is 5.79. The van der Waals surface area contributed by atoms with Crippen molar-refractivity contribution in [3.8, 4) is 5.75 Å². The van der Waals surface area contributed by atoms with Crippen molar-refractivity contribution >= 4 is 7.82 Å². The van der Waals surface area contributed by atoms with E-state index in [2.05, 4.69) is 0 Å². The standard InChI is InChI=1S/C18H20FN2O8P/c1-10-5-11(2)15-12(6-10)8-26-30(25,29-15)27-9-18(19)7-13(22)16(28-18)21-4-3-14(23)20-17(21)24/h3-6,13,16,22H,7-9H2,1-2H3,(H,20,23,24)/t13-,16-,18+,30?/m1/s1/i9D2. The molecule has 1 unspecified atom stereocenters. The Bertz CT molecular complexity index is 1230. The molecule has 0 aliphatic carbocycles. The highest BCUT2D eigenvalue weighted by Crippen LogP contribution is 2.56. The Morgan fingerprint density at radius 1 is 1.47 bits per heavy atom. The van der Waals surface area contributed by atoms with Crippen molar-refractivity contribution in [2.24, 2.45) is 0 Å². The lowest BCUT2D eigenvalue weighted by Crippen LogP contribution is -2.35. The van der Waals surface area contributed by atoms with Crippen LogP contribution in [0.15, 0.2) is 34.0 Å². The summed E-state index contributed by atoms with van der Waals surface area (Å²) in [4.78, 5) is 25.1. The Balaban J connectivity index is 1.58. The van der Waals surface area contributed by atoms with Crippen LogP contribution in [0.25, 0.3) is 0 Å². The zero-order valence-corrected chi connectivity index (χ0v) is 16.9. The van der Waals surface area contributed by atoms with Crippen LogP contribution in [0.4, 0.5) is 4.39 Å². The minimum absolute atomic E-state index is 0.180. The van der Waals surface area contributed by atoms with Gasteiger partial charge in [-0.1, -0.05) is 17.7 Å². The van der Waals surface area contributed by atoms with Gasteiger partial charge in [-0.2, -0.15) is 0 Å². The molecule has 0 bridgehead atoms. The highest BCUT2D eigenvalue weighted by atomic mass is 31.2. The number of aromatic amines is 1. The van der Waals surface area contributed by atoms with Crippen LogP contribution in [0.5, 0.6) is 5.75 Å². The number of hydrogen-bond donors (Lipinski definition) is 2. The lowest BCUT2D eigenvalue weighted by atomic mass is 10.1. The van der Waals surface area contributed by atoms with Gasteiger partial charge in [-0.3, -0.25) is 23.4 Å². The lowest BCUT2D eigenvalue weighted by molar-refractivity contribution is -0.179. The average molecular weight is 444 g/mol. The van der Waals surface area contributed by atoms with Crippen LogP contribution in [-0.4, -0.2) is 33.2 Å². The number of alkyl halides is 1. The summed E-state index contributed by atoms with van der Waals surface area (Å²) >= 11 is 0. The molecule has 2 aromatic rings. The van der Waals surface area contributed by atoms with Crippen LogP contribution in [-0.2, 0) is 25.0 Å².